The van der Waals surface area contributed by atoms with E-state index in [1.165, 1.54) is 19.1 Å². The van der Waals surface area contributed by atoms with Gasteiger partial charge in [-0.3, -0.25) is 9.59 Å². The van der Waals surface area contributed by atoms with Crippen molar-refractivity contribution in [2.45, 2.75) is 13.1 Å². The number of rotatable bonds is 5. The quantitative estimate of drug-likeness (QED) is 0.769. The molecular formula is C17H16F3N3O2. The van der Waals surface area contributed by atoms with Gasteiger partial charge in [0.25, 0.3) is 0 Å². The van der Waals surface area contributed by atoms with E-state index in [0.29, 0.717) is 11.4 Å². The van der Waals surface area contributed by atoms with Gasteiger partial charge in [-0.05, 0) is 36.4 Å². The summed E-state index contributed by atoms with van der Waals surface area (Å²) in [6.45, 7) is 1.16. The number of alkyl halides is 3. The highest BCUT2D eigenvalue weighted by Gasteiger charge is 2.30. The third-order valence-corrected chi connectivity index (χ3v) is 3.11. The van der Waals surface area contributed by atoms with Gasteiger partial charge in [0, 0.05) is 24.0 Å². The molecule has 0 radical (unpaired) electrons. The summed E-state index contributed by atoms with van der Waals surface area (Å²) in [4.78, 5) is 22.9. The van der Waals surface area contributed by atoms with Gasteiger partial charge in [0.2, 0.25) is 11.8 Å². The van der Waals surface area contributed by atoms with E-state index in [0.717, 1.165) is 12.1 Å². The fourth-order valence-corrected chi connectivity index (χ4v) is 2.07. The van der Waals surface area contributed by atoms with Crippen molar-refractivity contribution >= 4 is 28.9 Å². The first-order valence-corrected chi connectivity index (χ1v) is 7.33. The van der Waals surface area contributed by atoms with Crippen molar-refractivity contribution in [1.29, 1.82) is 0 Å². The maximum absolute atomic E-state index is 12.6. The van der Waals surface area contributed by atoms with Gasteiger partial charge in [0.15, 0.2) is 0 Å². The molecule has 2 amide bonds. The molecule has 0 fully saturated rings. The van der Waals surface area contributed by atoms with Crippen LogP contribution in [0, 0.1) is 0 Å². The Balaban J connectivity index is 1.94. The van der Waals surface area contributed by atoms with Crippen LogP contribution in [0.15, 0.2) is 48.5 Å². The molecule has 2 rings (SSSR count). The fraction of sp³-hybridized carbons (Fsp3) is 0.176. The van der Waals surface area contributed by atoms with Crippen LogP contribution in [0.4, 0.5) is 30.2 Å². The van der Waals surface area contributed by atoms with Crippen molar-refractivity contribution in [3.05, 3.63) is 54.1 Å². The van der Waals surface area contributed by atoms with E-state index in [1.54, 1.807) is 24.3 Å². The Hall–Kier alpha value is -3.03. The third kappa shape index (κ3) is 5.83. The van der Waals surface area contributed by atoms with Crippen molar-refractivity contribution in [1.82, 2.24) is 0 Å². The average Bonchev–Trinajstić information content (AvgIpc) is 2.52. The highest BCUT2D eigenvalue weighted by Crippen LogP contribution is 2.30. The molecule has 2 aromatic carbocycles. The molecule has 0 aliphatic heterocycles. The zero-order valence-corrected chi connectivity index (χ0v) is 13.3. The highest BCUT2D eigenvalue weighted by atomic mass is 19.4. The Morgan fingerprint density at radius 2 is 1.52 bits per heavy atom. The zero-order chi connectivity index (χ0) is 18.4. The lowest BCUT2D eigenvalue weighted by Crippen LogP contribution is -2.22. The monoisotopic (exact) mass is 351 g/mol. The number of hydrogen-bond acceptors (Lipinski definition) is 3. The smallest absolute Gasteiger partial charge is 0.376 e. The van der Waals surface area contributed by atoms with Gasteiger partial charge in [-0.2, -0.15) is 13.2 Å². The minimum atomic E-state index is -4.44. The molecule has 0 aliphatic carbocycles. The van der Waals surface area contributed by atoms with Gasteiger partial charge in [-0.15, -0.1) is 0 Å². The number of benzene rings is 2. The third-order valence-electron chi connectivity index (χ3n) is 3.11. The Kier molecular flexibility index (Phi) is 5.63. The number of anilines is 3. The first-order valence-electron chi connectivity index (χ1n) is 7.33. The van der Waals surface area contributed by atoms with Gasteiger partial charge in [0.05, 0.1) is 12.1 Å². The molecule has 0 bridgehead atoms. The molecule has 0 spiro atoms. The van der Waals surface area contributed by atoms with E-state index >= 15 is 0 Å². The summed E-state index contributed by atoms with van der Waals surface area (Å²) in [6.07, 6.45) is -4.44. The van der Waals surface area contributed by atoms with Crippen LogP contribution in [0.2, 0.25) is 0 Å². The standard InChI is InChI=1S/C17H16F3N3O2/c1-11(24)22-14-6-3-7-15(9-14)23-16(25)10-21-13-5-2-4-12(8-13)17(18,19)20/h2-9,21H,10H2,1H3,(H,22,24)(H,23,25). The maximum atomic E-state index is 12.6. The second-order valence-electron chi connectivity index (χ2n) is 5.24. The molecule has 5 nitrogen and oxygen atoms in total. The van der Waals surface area contributed by atoms with Crippen molar-refractivity contribution in [3.63, 3.8) is 0 Å². The van der Waals surface area contributed by atoms with E-state index in [2.05, 4.69) is 16.0 Å². The fourth-order valence-electron chi connectivity index (χ4n) is 2.07. The molecule has 0 saturated carbocycles. The molecule has 0 atom stereocenters. The average molecular weight is 351 g/mol. The molecule has 0 aliphatic rings. The SMILES string of the molecule is CC(=O)Nc1cccc(NC(=O)CNc2cccc(C(F)(F)F)c2)c1. The topological polar surface area (TPSA) is 70.2 Å². The van der Waals surface area contributed by atoms with Crippen LogP contribution in [-0.2, 0) is 15.8 Å². The van der Waals surface area contributed by atoms with Crippen LogP contribution in [0.3, 0.4) is 0 Å². The molecule has 2 aromatic rings. The Morgan fingerprint density at radius 1 is 0.920 bits per heavy atom. The summed E-state index contributed by atoms with van der Waals surface area (Å²) in [5.41, 5.74) is 0.385. The Labute approximate surface area is 142 Å². The first kappa shape index (κ1) is 18.3. The van der Waals surface area contributed by atoms with Gasteiger partial charge in [0.1, 0.15) is 0 Å². The molecule has 0 heterocycles. The van der Waals surface area contributed by atoms with Gasteiger partial charge in [-0.25, -0.2) is 0 Å². The van der Waals surface area contributed by atoms with Crippen molar-refractivity contribution in [2.75, 3.05) is 22.5 Å². The molecular weight excluding hydrogens is 335 g/mol. The number of amides is 2. The number of halogens is 3. The van der Waals surface area contributed by atoms with Gasteiger partial charge < -0.3 is 16.0 Å². The van der Waals surface area contributed by atoms with Crippen molar-refractivity contribution in [2.24, 2.45) is 0 Å². The predicted molar refractivity (Wildman–Crippen MR) is 89.3 cm³/mol. The summed E-state index contributed by atoms with van der Waals surface area (Å²) in [5, 5.41) is 7.82. The van der Waals surface area contributed by atoms with Crippen LogP contribution in [-0.4, -0.2) is 18.4 Å². The Bertz CT molecular complexity index is 776. The summed E-state index contributed by atoms with van der Waals surface area (Å²) < 4.78 is 37.9. The van der Waals surface area contributed by atoms with E-state index < -0.39 is 17.6 Å². The zero-order valence-electron chi connectivity index (χ0n) is 13.3. The molecule has 3 N–H and O–H groups in total. The van der Waals surface area contributed by atoms with E-state index in [4.69, 9.17) is 0 Å². The van der Waals surface area contributed by atoms with Crippen LogP contribution < -0.4 is 16.0 Å². The van der Waals surface area contributed by atoms with Crippen molar-refractivity contribution in [3.8, 4) is 0 Å². The van der Waals surface area contributed by atoms with Gasteiger partial charge >= 0.3 is 6.18 Å². The largest absolute Gasteiger partial charge is 0.416 e. The van der Waals surface area contributed by atoms with E-state index in [-0.39, 0.29) is 18.1 Å². The second-order valence-corrected chi connectivity index (χ2v) is 5.24. The van der Waals surface area contributed by atoms with E-state index in [1.807, 2.05) is 0 Å². The van der Waals surface area contributed by atoms with Crippen LogP contribution in [0.25, 0.3) is 0 Å². The predicted octanol–water partition coefficient (Wildman–Crippen LogP) is 3.71. The van der Waals surface area contributed by atoms with Crippen molar-refractivity contribution < 1.29 is 22.8 Å². The molecule has 0 saturated heterocycles. The van der Waals surface area contributed by atoms with Crippen LogP contribution in [0.1, 0.15) is 12.5 Å². The number of hydrogen-bond donors (Lipinski definition) is 3. The minimum absolute atomic E-state index is 0.192. The normalized spacial score (nSPS) is 10.9. The molecule has 0 unspecified atom stereocenters. The lowest BCUT2D eigenvalue weighted by atomic mass is 10.2. The highest BCUT2D eigenvalue weighted by molar-refractivity contribution is 5.95. The lowest BCUT2D eigenvalue weighted by Gasteiger charge is -2.11. The Morgan fingerprint density at radius 3 is 2.16 bits per heavy atom. The molecule has 0 aromatic heterocycles. The van der Waals surface area contributed by atoms with E-state index in [9.17, 15) is 22.8 Å². The molecule has 132 valence electrons. The first-order chi connectivity index (χ1) is 11.7. The maximum Gasteiger partial charge on any atom is 0.416 e. The second kappa shape index (κ2) is 7.69. The summed E-state index contributed by atoms with van der Waals surface area (Å²) in [7, 11) is 0. The summed E-state index contributed by atoms with van der Waals surface area (Å²) in [6, 6.07) is 11.1. The number of carbonyl (C=O) groups is 2. The van der Waals surface area contributed by atoms with Crippen LogP contribution >= 0.6 is 0 Å². The summed E-state index contributed by atoms with van der Waals surface area (Å²) in [5.74, 6) is -0.674. The summed E-state index contributed by atoms with van der Waals surface area (Å²) >= 11 is 0. The minimum Gasteiger partial charge on any atom is -0.376 e. The van der Waals surface area contributed by atoms with Gasteiger partial charge in [-0.1, -0.05) is 12.1 Å². The number of nitrogens with one attached hydrogen (secondary N) is 3. The number of carbonyl (C=O) groups excluding carboxylic acids is 2. The molecule has 8 heteroatoms. The lowest BCUT2D eigenvalue weighted by molar-refractivity contribution is -0.137. The molecule has 25 heavy (non-hydrogen) atoms. The van der Waals surface area contributed by atoms with Crippen LogP contribution in [0.5, 0.6) is 0 Å².